The summed E-state index contributed by atoms with van der Waals surface area (Å²) in [6.45, 7) is 4.94. The van der Waals surface area contributed by atoms with Gasteiger partial charge in [-0.2, -0.15) is 15.1 Å². The van der Waals surface area contributed by atoms with Crippen LogP contribution in [0, 0.1) is 29.8 Å². The van der Waals surface area contributed by atoms with E-state index in [1.807, 2.05) is 18.4 Å². The number of fused-ring (bicyclic) bond motifs is 6. The van der Waals surface area contributed by atoms with Gasteiger partial charge in [0.25, 0.3) is 6.43 Å². The topological polar surface area (TPSA) is 156 Å². The predicted octanol–water partition coefficient (Wildman–Crippen LogP) is 4.59. The normalized spacial score (nSPS) is 21.5. The number of carbonyl (C=O) groups is 2. The standard InChI is InChI=1S/C42H42F5N13O3/c1-4-63-26-16-55(3)39(62)33-12-25(51-40-48-8-7-30(52-40)27-9-24(44)11-31-36(27)57(17-26)22(2)50-31)15-58(33)37-28-14-49-60(32-6-5-23(43)10-29(32)45)38(28)54-41(53-37)59-21-42(13-35(59)61)19-56(20-42)18-34(46)47/h5-11,14,25-26,33-34H,4,12-13,15-21H2,1-3H3,(H,48,51,52)/t25?,26-,33-/m0/s1. The van der Waals surface area contributed by atoms with Crippen LogP contribution < -0.4 is 15.1 Å². The van der Waals surface area contributed by atoms with E-state index in [-0.39, 0.29) is 93.0 Å². The van der Waals surface area contributed by atoms with Crippen molar-refractivity contribution in [2.24, 2.45) is 5.41 Å². The second-order valence-corrected chi connectivity index (χ2v) is 16.9. The Morgan fingerprint density at radius 2 is 1.79 bits per heavy atom. The molecule has 63 heavy (non-hydrogen) atoms. The van der Waals surface area contributed by atoms with Crippen molar-refractivity contribution in [1.82, 2.24) is 49.1 Å². The molecule has 0 saturated carbocycles. The molecule has 4 aromatic heterocycles. The zero-order chi connectivity index (χ0) is 43.9. The zero-order valence-corrected chi connectivity index (χ0v) is 34.5. The number of carbonyl (C=O) groups excluding carboxylic acids is 2. The van der Waals surface area contributed by atoms with Gasteiger partial charge in [-0.05, 0) is 44.5 Å². The molecule has 21 heteroatoms. The van der Waals surface area contributed by atoms with Crippen molar-refractivity contribution in [3.05, 3.63) is 72.1 Å². The van der Waals surface area contributed by atoms with Crippen molar-refractivity contribution in [1.29, 1.82) is 0 Å². The molecule has 328 valence electrons. The van der Waals surface area contributed by atoms with Gasteiger partial charge in [-0.3, -0.25) is 19.4 Å². The van der Waals surface area contributed by atoms with Crippen LogP contribution in [0.3, 0.4) is 0 Å². The number of benzene rings is 2. The second-order valence-electron chi connectivity index (χ2n) is 16.9. The van der Waals surface area contributed by atoms with Gasteiger partial charge in [0.2, 0.25) is 23.7 Å². The van der Waals surface area contributed by atoms with Crippen LogP contribution in [0.5, 0.6) is 0 Å². The number of alkyl halides is 2. The maximum atomic E-state index is 15.4. The Hall–Kier alpha value is -6.35. The Bertz CT molecular complexity index is 2800. The fourth-order valence-electron chi connectivity index (χ4n) is 9.76. The van der Waals surface area contributed by atoms with Gasteiger partial charge in [0, 0.05) is 88.1 Å². The summed E-state index contributed by atoms with van der Waals surface area (Å²) in [4.78, 5) is 58.8. The molecule has 10 rings (SSSR count). The van der Waals surface area contributed by atoms with Crippen molar-refractivity contribution in [2.75, 3.05) is 68.0 Å². The van der Waals surface area contributed by atoms with E-state index < -0.39 is 54.0 Å². The summed E-state index contributed by atoms with van der Waals surface area (Å²) in [6.07, 6.45) is 0.270. The van der Waals surface area contributed by atoms with E-state index in [2.05, 4.69) is 20.4 Å². The third kappa shape index (κ3) is 7.25. The first-order valence-corrected chi connectivity index (χ1v) is 20.7. The molecule has 4 aliphatic rings. The molecule has 4 aliphatic heterocycles. The molecule has 3 atom stereocenters. The number of aromatic nitrogens is 8. The number of anilines is 3. The SMILES string of the molecule is CCO[C@H]1CN(C)C(=O)[C@@H]2CC(CN2c2nc(N3CC4(CC3=O)CN(CC(F)F)C4)nc3c2cnn3-c2ccc(F)cc2F)Nc2nccc(n2)-c2cc(F)cc3nc(C)n(c23)C1. The lowest BCUT2D eigenvalue weighted by molar-refractivity contribution is -0.133. The second kappa shape index (κ2) is 15.5. The molecule has 8 heterocycles. The number of hydrogen-bond acceptors (Lipinski definition) is 12. The molecule has 1 spiro atoms. The summed E-state index contributed by atoms with van der Waals surface area (Å²) < 4.78 is 80.6. The number of nitrogens with zero attached hydrogens (tertiary/aromatic N) is 12. The van der Waals surface area contributed by atoms with E-state index in [1.54, 1.807) is 34.0 Å². The molecule has 1 unspecified atom stereocenters. The number of likely N-dealkylation sites (N-methyl/N-ethyl adjacent to an activating group) is 1. The quantitative estimate of drug-likeness (QED) is 0.223. The van der Waals surface area contributed by atoms with Gasteiger partial charge in [-0.15, -0.1) is 0 Å². The zero-order valence-electron chi connectivity index (χ0n) is 34.5. The Morgan fingerprint density at radius 1 is 0.968 bits per heavy atom. The smallest absolute Gasteiger partial charge is 0.251 e. The number of hydrogen-bond donors (Lipinski definition) is 1. The van der Waals surface area contributed by atoms with Crippen LogP contribution in [0.15, 0.2) is 48.8 Å². The van der Waals surface area contributed by atoms with Gasteiger partial charge < -0.3 is 24.4 Å². The van der Waals surface area contributed by atoms with Crippen molar-refractivity contribution >= 4 is 51.6 Å². The van der Waals surface area contributed by atoms with E-state index in [0.717, 1.165) is 12.1 Å². The summed E-state index contributed by atoms with van der Waals surface area (Å²) in [7, 11) is 1.69. The lowest BCUT2D eigenvalue weighted by Gasteiger charge is -2.47. The molecular weight excluding hydrogens is 830 g/mol. The number of nitrogens with one attached hydrogen (secondary N) is 1. The van der Waals surface area contributed by atoms with Crippen LogP contribution >= 0.6 is 0 Å². The highest BCUT2D eigenvalue weighted by molar-refractivity contribution is 5.98. The summed E-state index contributed by atoms with van der Waals surface area (Å²) >= 11 is 0. The fourth-order valence-corrected chi connectivity index (χ4v) is 9.76. The molecule has 1 N–H and O–H groups in total. The average molecular weight is 872 g/mol. The molecule has 2 amide bonds. The van der Waals surface area contributed by atoms with Gasteiger partial charge in [0.1, 0.15) is 35.0 Å². The van der Waals surface area contributed by atoms with Crippen LogP contribution in [0.2, 0.25) is 0 Å². The highest BCUT2D eigenvalue weighted by atomic mass is 19.3. The predicted molar refractivity (Wildman–Crippen MR) is 220 cm³/mol. The molecule has 6 aromatic rings. The third-order valence-electron chi connectivity index (χ3n) is 12.4. The molecule has 16 nitrogen and oxygen atoms in total. The first kappa shape index (κ1) is 40.7. The van der Waals surface area contributed by atoms with Gasteiger partial charge in [0.05, 0.1) is 47.5 Å². The number of imidazole rings is 1. The summed E-state index contributed by atoms with van der Waals surface area (Å²) in [6, 6.07) is 6.16. The average Bonchev–Trinajstić information content (AvgIpc) is 4.00. The minimum Gasteiger partial charge on any atom is -0.375 e. The highest BCUT2D eigenvalue weighted by Crippen LogP contribution is 2.43. The molecular formula is C42H42F5N13O3. The molecule has 0 aliphatic carbocycles. The summed E-state index contributed by atoms with van der Waals surface area (Å²) in [5.74, 6) is -1.78. The number of halogens is 5. The number of likely N-dealkylation sites (tertiary alicyclic amines) is 1. The van der Waals surface area contributed by atoms with Crippen LogP contribution in [0.1, 0.15) is 25.6 Å². The minimum atomic E-state index is -2.52. The summed E-state index contributed by atoms with van der Waals surface area (Å²) in [5.41, 5.74) is 1.43. The molecule has 3 fully saturated rings. The van der Waals surface area contributed by atoms with Crippen molar-refractivity contribution in [2.45, 2.75) is 57.8 Å². The highest BCUT2D eigenvalue weighted by Gasteiger charge is 2.53. The first-order valence-electron chi connectivity index (χ1n) is 20.7. The fraction of sp³-hybridized carbons (Fsp3) is 0.429. The molecule has 0 radical (unpaired) electrons. The lowest BCUT2D eigenvalue weighted by atomic mass is 9.79. The number of amides is 2. The lowest BCUT2D eigenvalue weighted by Crippen LogP contribution is -2.58. The molecule has 2 aromatic carbocycles. The number of ether oxygens (including phenoxy) is 1. The Kier molecular flexibility index (Phi) is 10.00. The van der Waals surface area contributed by atoms with E-state index in [1.165, 1.54) is 34.0 Å². The van der Waals surface area contributed by atoms with Crippen molar-refractivity contribution in [3.63, 3.8) is 0 Å². The van der Waals surface area contributed by atoms with E-state index in [0.29, 0.717) is 40.1 Å². The van der Waals surface area contributed by atoms with E-state index >= 15 is 8.78 Å². The maximum Gasteiger partial charge on any atom is 0.251 e. The van der Waals surface area contributed by atoms with Crippen molar-refractivity contribution < 1.29 is 36.3 Å². The van der Waals surface area contributed by atoms with Gasteiger partial charge in [-0.1, -0.05) is 0 Å². The van der Waals surface area contributed by atoms with E-state index in [4.69, 9.17) is 19.7 Å². The monoisotopic (exact) mass is 871 g/mol. The number of rotatable bonds is 7. The van der Waals surface area contributed by atoms with Crippen LogP contribution in [0.25, 0.3) is 39.0 Å². The Labute approximate surface area is 356 Å². The molecule has 4 bridgehead atoms. The van der Waals surface area contributed by atoms with E-state index in [9.17, 15) is 22.8 Å². The van der Waals surface area contributed by atoms with Crippen molar-refractivity contribution in [3.8, 4) is 16.9 Å². The summed E-state index contributed by atoms with van der Waals surface area (Å²) in [5, 5.41) is 8.16. The van der Waals surface area contributed by atoms with Crippen LogP contribution in [-0.4, -0.2) is 138 Å². The number of aryl methyl sites for hydroxylation is 1. The van der Waals surface area contributed by atoms with Crippen LogP contribution in [0.4, 0.5) is 39.7 Å². The maximum absolute atomic E-state index is 15.4. The largest absolute Gasteiger partial charge is 0.375 e. The molecule has 3 saturated heterocycles. The Morgan fingerprint density at radius 3 is 2.57 bits per heavy atom. The van der Waals surface area contributed by atoms with Gasteiger partial charge >= 0.3 is 0 Å². The first-order chi connectivity index (χ1) is 30.3. The van der Waals surface area contributed by atoms with Gasteiger partial charge in [-0.25, -0.2) is 41.6 Å². The third-order valence-corrected chi connectivity index (χ3v) is 12.4. The van der Waals surface area contributed by atoms with Crippen LogP contribution in [-0.2, 0) is 20.9 Å². The minimum absolute atomic E-state index is 0.0468. The Balaban J connectivity index is 1.08. The van der Waals surface area contributed by atoms with Gasteiger partial charge in [0.15, 0.2) is 11.5 Å².